The molecule has 0 spiro atoms. The zero-order valence-corrected chi connectivity index (χ0v) is 21.2. The Morgan fingerprint density at radius 2 is 1.83 bits per heavy atom. The van der Waals surface area contributed by atoms with E-state index in [-0.39, 0.29) is 40.1 Å². The Hall–Kier alpha value is -4.52. The van der Waals surface area contributed by atoms with Gasteiger partial charge in [0.2, 0.25) is 0 Å². The SMILES string of the molecule is O=C(Nc1cc(-n2cc(F)cn2)c2c3c1C(c1cc(F)ccc1Cl)NC(=O)N3CC2)c1cc(F)cc(C(F)(F)F)c1. The molecule has 0 saturated heterocycles. The first-order chi connectivity index (χ1) is 19.4. The van der Waals surface area contributed by atoms with E-state index in [0.717, 1.165) is 24.5 Å². The molecule has 210 valence electrons. The fourth-order valence-electron chi connectivity index (χ4n) is 5.16. The van der Waals surface area contributed by atoms with Gasteiger partial charge in [-0.25, -0.2) is 22.6 Å². The van der Waals surface area contributed by atoms with E-state index in [1.165, 1.54) is 21.7 Å². The van der Waals surface area contributed by atoms with Crippen molar-refractivity contribution in [1.29, 1.82) is 0 Å². The van der Waals surface area contributed by atoms with Gasteiger partial charge in [-0.15, -0.1) is 0 Å². The second-order valence-corrected chi connectivity index (χ2v) is 9.82. The highest BCUT2D eigenvalue weighted by atomic mass is 35.5. The molecule has 14 heteroatoms. The molecule has 3 heterocycles. The molecular formula is C27H16ClF6N5O2. The van der Waals surface area contributed by atoms with Crippen LogP contribution in [0, 0.1) is 17.5 Å². The van der Waals surface area contributed by atoms with Crippen molar-refractivity contribution in [2.45, 2.75) is 18.6 Å². The van der Waals surface area contributed by atoms with Gasteiger partial charge in [-0.3, -0.25) is 9.69 Å². The lowest BCUT2D eigenvalue weighted by Crippen LogP contribution is -2.46. The third kappa shape index (κ3) is 4.65. The predicted octanol–water partition coefficient (Wildman–Crippen LogP) is 6.39. The Morgan fingerprint density at radius 3 is 2.54 bits per heavy atom. The van der Waals surface area contributed by atoms with Gasteiger partial charge in [0.05, 0.1) is 41.1 Å². The normalized spacial score (nSPS) is 16.0. The summed E-state index contributed by atoms with van der Waals surface area (Å²) < 4.78 is 83.5. The Bertz CT molecular complexity index is 1750. The lowest BCUT2D eigenvalue weighted by Gasteiger charge is -2.35. The molecule has 0 radical (unpaired) electrons. The molecule has 3 amide bonds. The largest absolute Gasteiger partial charge is 0.416 e. The molecule has 4 aromatic rings. The van der Waals surface area contributed by atoms with Crippen molar-refractivity contribution >= 4 is 34.9 Å². The van der Waals surface area contributed by atoms with Gasteiger partial charge >= 0.3 is 12.2 Å². The molecule has 0 bridgehead atoms. The Kier molecular flexibility index (Phi) is 6.21. The maximum Gasteiger partial charge on any atom is 0.416 e. The van der Waals surface area contributed by atoms with E-state index in [4.69, 9.17) is 11.6 Å². The number of nitrogens with one attached hydrogen (secondary N) is 2. The highest BCUT2D eigenvalue weighted by molar-refractivity contribution is 6.31. The molecule has 1 unspecified atom stereocenters. The second kappa shape index (κ2) is 9.54. The number of aromatic nitrogens is 2. The number of nitrogens with zero attached hydrogens (tertiary/aromatic N) is 3. The topological polar surface area (TPSA) is 79.3 Å². The zero-order valence-electron chi connectivity index (χ0n) is 20.5. The van der Waals surface area contributed by atoms with Crippen LogP contribution in [0.1, 0.15) is 38.7 Å². The number of benzene rings is 3. The first-order valence-corrected chi connectivity index (χ1v) is 12.4. The van der Waals surface area contributed by atoms with Crippen LogP contribution in [0.25, 0.3) is 5.69 Å². The third-order valence-electron chi connectivity index (χ3n) is 6.88. The van der Waals surface area contributed by atoms with Gasteiger partial charge in [0.1, 0.15) is 11.6 Å². The van der Waals surface area contributed by atoms with E-state index in [2.05, 4.69) is 15.7 Å². The van der Waals surface area contributed by atoms with Crippen molar-refractivity contribution in [3.63, 3.8) is 0 Å². The summed E-state index contributed by atoms with van der Waals surface area (Å²) in [6.45, 7) is 0.199. The number of hydrogen-bond acceptors (Lipinski definition) is 3. The fourth-order valence-corrected chi connectivity index (χ4v) is 5.39. The minimum Gasteiger partial charge on any atom is -0.327 e. The highest BCUT2D eigenvalue weighted by Crippen LogP contribution is 2.48. The number of rotatable bonds is 4. The average Bonchev–Trinajstić information content (AvgIpc) is 3.55. The Labute approximate surface area is 232 Å². The van der Waals surface area contributed by atoms with Crippen LogP contribution in [0.3, 0.4) is 0 Å². The zero-order chi connectivity index (χ0) is 29.2. The van der Waals surface area contributed by atoms with Gasteiger partial charge in [-0.05, 0) is 48.9 Å². The number of alkyl halides is 3. The average molecular weight is 592 g/mol. The van der Waals surface area contributed by atoms with Gasteiger partial charge in [-0.2, -0.15) is 18.3 Å². The van der Waals surface area contributed by atoms with Gasteiger partial charge in [0, 0.05) is 33.8 Å². The lowest BCUT2D eigenvalue weighted by molar-refractivity contribution is -0.137. The van der Waals surface area contributed by atoms with Crippen molar-refractivity contribution in [3.8, 4) is 5.69 Å². The number of amides is 3. The standard InChI is InChI=1S/C27H16ClF6N5O2/c28-19-2-1-14(29)8-18(19)23-22-20(36-25(40)12-5-13(27(32,33)34)7-15(30)6-12)9-21(39-11-16(31)10-35-39)17-3-4-38(24(17)22)26(41)37-23/h1-2,5-11,23H,3-4H2,(H,36,40)(H,37,41). The minimum absolute atomic E-state index is 0.0327. The highest BCUT2D eigenvalue weighted by Gasteiger charge is 2.41. The molecule has 0 fully saturated rings. The van der Waals surface area contributed by atoms with E-state index in [9.17, 15) is 35.9 Å². The van der Waals surface area contributed by atoms with Crippen LogP contribution in [0.4, 0.5) is 42.5 Å². The summed E-state index contributed by atoms with van der Waals surface area (Å²) in [5.41, 5.74) is -0.484. The monoisotopic (exact) mass is 591 g/mol. The molecule has 3 aromatic carbocycles. The molecule has 1 aromatic heterocycles. The van der Waals surface area contributed by atoms with Crippen molar-refractivity contribution in [2.24, 2.45) is 0 Å². The fraction of sp³-hybridized carbons (Fsp3) is 0.148. The lowest BCUT2D eigenvalue weighted by atomic mass is 9.90. The Balaban J connectivity index is 1.56. The van der Waals surface area contributed by atoms with Crippen LogP contribution in [0.15, 0.2) is 54.9 Å². The number of carbonyl (C=O) groups is 2. The molecule has 0 saturated carbocycles. The van der Waals surface area contributed by atoms with E-state index >= 15 is 0 Å². The predicted molar refractivity (Wildman–Crippen MR) is 136 cm³/mol. The van der Waals surface area contributed by atoms with Crippen molar-refractivity contribution in [2.75, 3.05) is 16.8 Å². The number of halogens is 7. The number of urea groups is 1. The molecule has 6 rings (SSSR count). The van der Waals surface area contributed by atoms with Gasteiger partial charge < -0.3 is 10.6 Å². The van der Waals surface area contributed by atoms with E-state index in [1.807, 2.05) is 0 Å². The minimum atomic E-state index is -4.92. The van der Waals surface area contributed by atoms with Crippen molar-refractivity contribution in [1.82, 2.24) is 15.1 Å². The summed E-state index contributed by atoms with van der Waals surface area (Å²) in [5.74, 6) is -3.71. The van der Waals surface area contributed by atoms with Crippen LogP contribution in [-0.4, -0.2) is 28.3 Å². The molecule has 7 nitrogen and oxygen atoms in total. The molecular weight excluding hydrogens is 576 g/mol. The van der Waals surface area contributed by atoms with Gasteiger partial charge in [-0.1, -0.05) is 11.6 Å². The van der Waals surface area contributed by atoms with Crippen LogP contribution in [0.2, 0.25) is 5.02 Å². The number of anilines is 2. The second-order valence-electron chi connectivity index (χ2n) is 9.42. The van der Waals surface area contributed by atoms with Crippen LogP contribution in [0.5, 0.6) is 0 Å². The smallest absolute Gasteiger partial charge is 0.327 e. The van der Waals surface area contributed by atoms with E-state index < -0.39 is 52.7 Å². The third-order valence-corrected chi connectivity index (χ3v) is 7.23. The molecule has 0 aliphatic carbocycles. The van der Waals surface area contributed by atoms with E-state index in [1.54, 1.807) is 0 Å². The summed E-state index contributed by atoms with van der Waals surface area (Å²) in [7, 11) is 0. The van der Waals surface area contributed by atoms with Crippen LogP contribution in [-0.2, 0) is 12.6 Å². The quantitative estimate of drug-likeness (QED) is 0.270. The summed E-state index contributed by atoms with van der Waals surface area (Å²) in [6.07, 6.45) is -2.59. The molecule has 1 atom stereocenters. The molecule has 41 heavy (non-hydrogen) atoms. The summed E-state index contributed by atoms with van der Waals surface area (Å²) >= 11 is 6.37. The first-order valence-electron chi connectivity index (χ1n) is 12.0. The first kappa shape index (κ1) is 26.7. The number of carbonyl (C=O) groups excluding carboxylic acids is 2. The molecule has 2 aliphatic rings. The number of hydrogen-bond donors (Lipinski definition) is 2. The molecule has 2 N–H and O–H groups in total. The van der Waals surface area contributed by atoms with Crippen molar-refractivity contribution in [3.05, 3.63) is 105 Å². The summed E-state index contributed by atoms with van der Waals surface area (Å²) in [4.78, 5) is 27.8. The summed E-state index contributed by atoms with van der Waals surface area (Å²) in [5, 5.41) is 9.32. The Morgan fingerprint density at radius 1 is 1.05 bits per heavy atom. The maximum atomic E-state index is 14.3. The van der Waals surface area contributed by atoms with Gasteiger partial charge in [0.25, 0.3) is 5.91 Å². The maximum absolute atomic E-state index is 14.3. The molecule has 2 aliphatic heterocycles. The summed E-state index contributed by atoms with van der Waals surface area (Å²) in [6, 6.07) is 4.66. The van der Waals surface area contributed by atoms with Crippen LogP contribution >= 0.6 is 11.6 Å². The van der Waals surface area contributed by atoms with Crippen LogP contribution < -0.4 is 15.5 Å². The van der Waals surface area contributed by atoms with Crippen molar-refractivity contribution < 1.29 is 35.9 Å². The van der Waals surface area contributed by atoms with E-state index in [0.29, 0.717) is 29.8 Å². The van der Waals surface area contributed by atoms with Gasteiger partial charge in [0.15, 0.2) is 5.82 Å².